The first-order chi connectivity index (χ1) is 10.2. The first-order valence-corrected chi connectivity index (χ1v) is 7.77. The van der Waals surface area contributed by atoms with Gasteiger partial charge in [0.1, 0.15) is 0 Å². The van der Waals surface area contributed by atoms with Crippen LogP contribution >= 0.6 is 23.7 Å². The van der Waals surface area contributed by atoms with Crippen LogP contribution in [0.4, 0.5) is 0 Å². The fourth-order valence-electron chi connectivity index (χ4n) is 2.21. The molecule has 22 heavy (non-hydrogen) atoms. The van der Waals surface area contributed by atoms with Crippen molar-refractivity contribution in [3.8, 4) is 0 Å². The average molecular weight is 336 g/mol. The number of thiophene rings is 1. The molecule has 0 saturated carbocycles. The lowest BCUT2D eigenvalue weighted by molar-refractivity contribution is 0.340. The van der Waals surface area contributed by atoms with Crippen LogP contribution in [0.1, 0.15) is 41.0 Å². The summed E-state index contributed by atoms with van der Waals surface area (Å²) in [6.45, 7) is 2.01. The van der Waals surface area contributed by atoms with Gasteiger partial charge in [-0.25, -0.2) is 0 Å². The van der Waals surface area contributed by atoms with Crippen LogP contribution in [-0.2, 0) is 6.42 Å². The van der Waals surface area contributed by atoms with Crippen LogP contribution in [0.2, 0.25) is 0 Å². The molecule has 2 heterocycles. The molecule has 0 spiro atoms. The molecule has 2 unspecified atom stereocenters. The van der Waals surface area contributed by atoms with Crippen LogP contribution in [0.25, 0.3) is 0 Å². The lowest BCUT2D eigenvalue weighted by Gasteiger charge is -2.16. The van der Waals surface area contributed by atoms with Crippen LogP contribution in [0.3, 0.4) is 0 Å². The number of benzene rings is 1. The molecular weight excluding hydrogens is 318 g/mol. The maximum Gasteiger partial charge on any atom is 0.231 e. The van der Waals surface area contributed by atoms with Crippen molar-refractivity contribution >= 4 is 23.7 Å². The molecule has 2 N–H and O–H groups in total. The largest absolute Gasteiger partial charge is 0.339 e. The number of hydrogen-bond donors (Lipinski definition) is 1. The van der Waals surface area contributed by atoms with Gasteiger partial charge in [0.15, 0.2) is 5.82 Å². The molecule has 4 nitrogen and oxygen atoms in total. The zero-order valence-corrected chi connectivity index (χ0v) is 13.8. The molecule has 0 fully saturated rings. The molecule has 2 atom stereocenters. The lowest BCUT2D eigenvalue weighted by atomic mass is 9.95. The molecular formula is C16H18ClN3OS. The Kier molecular flexibility index (Phi) is 5.71. The van der Waals surface area contributed by atoms with Crippen molar-refractivity contribution in [3.05, 3.63) is 70.0 Å². The van der Waals surface area contributed by atoms with E-state index in [-0.39, 0.29) is 24.4 Å². The molecule has 3 aromatic rings. The summed E-state index contributed by atoms with van der Waals surface area (Å²) < 4.78 is 5.38. The van der Waals surface area contributed by atoms with Crippen molar-refractivity contribution in [3.63, 3.8) is 0 Å². The van der Waals surface area contributed by atoms with E-state index in [1.807, 2.05) is 48.7 Å². The molecule has 116 valence electrons. The van der Waals surface area contributed by atoms with Gasteiger partial charge < -0.3 is 10.3 Å². The Balaban J connectivity index is 0.00000176. The van der Waals surface area contributed by atoms with Gasteiger partial charge in [0.05, 0.1) is 5.92 Å². The normalized spacial score (nSPS) is 13.4. The molecule has 0 aliphatic heterocycles. The second kappa shape index (κ2) is 7.54. The Hall–Kier alpha value is -1.69. The Morgan fingerprint density at radius 3 is 2.64 bits per heavy atom. The summed E-state index contributed by atoms with van der Waals surface area (Å²) in [5.74, 6) is 1.29. The molecule has 6 heteroatoms. The van der Waals surface area contributed by atoms with Gasteiger partial charge in [0.2, 0.25) is 5.89 Å². The van der Waals surface area contributed by atoms with E-state index >= 15 is 0 Å². The number of aromatic nitrogens is 2. The monoisotopic (exact) mass is 335 g/mol. The van der Waals surface area contributed by atoms with Gasteiger partial charge in [-0.2, -0.15) is 4.98 Å². The summed E-state index contributed by atoms with van der Waals surface area (Å²) >= 11 is 1.69. The minimum Gasteiger partial charge on any atom is -0.339 e. The average Bonchev–Trinajstić information content (AvgIpc) is 3.19. The van der Waals surface area contributed by atoms with Crippen molar-refractivity contribution in [2.24, 2.45) is 5.73 Å². The molecule has 0 aliphatic rings. The molecule has 0 radical (unpaired) electrons. The predicted molar refractivity (Wildman–Crippen MR) is 90.5 cm³/mol. The van der Waals surface area contributed by atoms with Crippen LogP contribution in [0, 0.1) is 0 Å². The van der Waals surface area contributed by atoms with Gasteiger partial charge in [-0.3, -0.25) is 0 Å². The smallest absolute Gasteiger partial charge is 0.231 e. The van der Waals surface area contributed by atoms with Gasteiger partial charge in [-0.1, -0.05) is 48.5 Å². The van der Waals surface area contributed by atoms with E-state index < -0.39 is 0 Å². The maximum atomic E-state index is 6.29. The summed E-state index contributed by atoms with van der Waals surface area (Å²) in [5.41, 5.74) is 7.36. The fourth-order valence-corrected chi connectivity index (χ4v) is 2.91. The zero-order chi connectivity index (χ0) is 14.7. The summed E-state index contributed by atoms with van der Waals surface area (Å²) in [5, 5.41) is 6.10. The summed E-state index contributed by atoms with van der Waals surface area (Å²) in [7, 11) is 0. The van der Waals surface area contributed by atoms with Crippen LogP contribution in [0.5, 0.6) is 0 Å². The van der Waals surface area contributed by atoms with Crippen LogP contribution < -0.4 is 5.73 Å². The summed E-state index contributed by atoms with van der Waals surface area (Å²) in [6, 6.07) is 13.9. The third-order valence-electron chi connectivity index (χ3n) is 3.51. The molecule has 1 aromatic carbocycles. The summed E-state index contributed by atoms with van der Waals surface area (Å²) in [4.78, 5) is 5.70. The van der Waals surface area contributed by atoms with Crippen molar-refractivity contribution in [1.29, 1.82) is 0 Å². The highest BCUT2D eigenvalue weighted by Crippen LogP contribution is 2.27. The van der Waals surface area contributed by atoms with Gasteiger partial charge in [0.25, 0.3) is 0 Å². The van der Waals surface area contributed by atoms with Crippen molar-refractivity contribution in [2.75, 3.05) is 0 Å². The minimum absolute atomic E-state index is 0. The van der Waals surface area contributed by atoms with Gasteiger partial charge in [-0.05, 0) is 17.0 Å². The Morgan fingerprint density at radius 2 is 1.95 bits per heavy atom. The van der Waals surface area contributed by atoms with Gasteiger partial charge in [-0.15, -0.1) is 23.7 Å². The van der Waals surface area contributed by atoms with Crippen molar-refractivity contribution in [1.82, 2.24) is 10.1 Å². The highest BCUT2D eigenvalue weighted by molar-refractivity contribution is 7.09. The highest BCUT2D eigenvalue weighted by Gasteiger charge is 2.22. The molecule has 0 amide bonds. The van der Waals surface area contributed by atoms with Crippen molar-refractivity contribution in [2.45, 2.75) is 25.3 Å². The lowest BCUT2D eigenvalue weighted by Crippen LogP contribution is -2.17. The second-order valence-electron chi connectivity index (χ2n) is 5.03. The standard InChI is InChI=1S/C16H17N3OS.ClH/c1-11(15(17)12-6-3-2-4-7-12)16-18-14(19-20-16)10-13-8-5-9-21-13;/h2-9,11,15H,10,17H2,1H3;1H. The Bertz CT molecular complexity index is 685. The van der Waals surface area contributed by atoms with Crippen LogP contribution in [0.15, 0.2) is 52.4 Å². The number of hydrogen-bond acceptors (Lipinski definition) is 5. The molecule has 0 aliphatic carbocycles. The SMILES string of the molecule is CC(c1nc(Cc2cccs2)no1)C(N)c1ccccc1.Cl. The fraction of sp³-hybridized carbons (Fsp3) is 0.250. The molecule has 0 bridgehead atoms. The molecule has 2 aromatic heterocycles. The Labute approximate surface area is 139 Å². The minimum atomic E-state index is -0.152. The molecule has 0 saturated heterocycles. The van der Waals surface area contributed by atoms with E-state index in [4.69, 9.17) is 10.3 Å². The van der Waals surface area contributed by atoms with E-state index in [9.17, 15) is 0 Å². The number of rotatable bonds is 5. The molecule has 3 rings (SSSR count). The number of nitrogens with zero attached hydrogens (tertiary/aromatic N) is 2. The predicted octanol–water partition coefficient (Wildman–Crippen LogP) is 3.95. The van der Waals surface area contributed by atoms with E-state index in [1.165, 1.54) is 4.88 Å². The highest BCUT2D eigenvalue weighted by atomic mass is 35.5. The third kappa shape index (κ3) is 3.74. The quantitative estimate of drug-likeness (QED) is 0.766. The van der Waals surface area contributed by atoms with Crippen molar-refractivity contribution < 1.29 is 4.52 Å². The van der Waals surface area contributed by atoms with Crippen LogP contribution in [-0.4, -0.2) is 10.1 Å². The van der Waals surface area contributed by atoms with E-state index in [1.54, 1.807) is 11.3 Å². The summed E-state index contributed by atoms with van der Waals surface area (Å²) in [6.07, 6.45) is 0.703. The third-order valence-corrected chi connectivity index (χ3v) is 4.39. The van der Waals surface area contributed by atoms with Gasteiger partial charge >= 0.3 is 0 Å². The van der Waals surface area contributed by atoms with Gasteiger partial charge in [0, 0.05) is 17.3 Å². The van der Waals surface area contributed by atoms with E-state index in [2.05, 4.69) is 16.2 Å². The van der Waals surface area contributed by atoms with E-state index in [0.717, 1.165) is 5.56 Å². The Morgan fingerprint density at radius 1 is 1.18 bits per heavy atom. The maximum absolute atomic E-state index is 6.29. The zero-order valence-electron chi connectivity index (χ0n) is 12.2. The van der Waals surface area contributed by atoms with E-state index in [0.29, 0.717) is 18.1 Å². The second-order valence-corrected chi connectivity index (χ2v) is 6.06. The first kappa shape index (κ1) is 16.7. The number of halogens is 1. The topological polar surface area (TPSA) is 64.9 Å². The first-order valence-electron chi connectivity index (χ1n) is 6.89. The number of nitrogens with two attached hydrogens (primary N) is 1.